The van der Waals surface area contributed by atoms with E-state index < -0.39 is 5.82 Å². The second-order valence-corrected chi connectivity index (χ2v) is 4.87. The van der Waals surface area contributed by atoms with Gasteiger partial charge in [0.15, 0.2) is 5.82 Å². The van der Waals surface area contributed by atoms with Crippen molar-refractivity contribution in [2.75, 3.05) is 0 Å². The number of nitrogens with zero attached hydrogens (tertiary/aromatic N) is 2. The number of aromatic nitrogens is 2. The van der Waals surface area contributed by atoms with Crippen molar-refractivity contribution in [2.45, 2.75) is 0 Å². The molecule has 3 rings (SSSR count). The zero-order chi connectivity index (χ0) is 14.1. The smallest absolute Gasteiger partial charge is 0.251 e. The lowest BCUT2D eigenvalue weighted by molar-refractivity contribution is 0.571. The quantitative estimate of drug-likeness (QED) is 0.679. The fourth-order valence-corrected chi connectivity index (χ4v) is 2.10. The van der Waals surface area contributed by atoms with Crippen LogP contribution in [-0.4, -0.2) is 10.2 Å². The lowest BCUT2D eigenvalue weighted by Gasteiger charge is -1.99. The van der Waals surface area contributed by atoms with Gasteiger partial charge in [-0.05, 0) is 30.3 Å². The van der Waals surface area contributed by atoms with Crippen molar-refractivity contribution >= 4 is 23.2 Å². The number of benzene rings is 2. The van der Waals surface area contributed by atoms with Crippen LogP contribution < -0.4 is 0 Å². The number of rotatable bonds is 2. The molecule has 0 N–H and O–H groups in total. The molecule has 0 saturated heterocycles. The van der Waals surface area contributed by atoms with E-state index in [4.69, 9.17) is 27.6 Å². The largest absolute Gasteiger partial charge is 0.416 e. The molecule has 3 nitrogen and oxygen atoms in total. The molecule has 0 spiro atoms. The first-order chi connectivity index (χ1) is 9.65. The summed E-state index contributed by atoms with van der Waals surface area (Å²) in [4.78, 5) is 0. The van der Waals surface area contributed by atoms with Crippen molar-refractivity contribution in [1.29, 1.82) is 0 Å². The number of halogens is 3. The summed E-state index contributed by atoms with van der Waals surface area (Å²) in [7, 11) is 0. The highest BCUT2D eigenvalue weighted by Gasteiger charge is 2.15. The maximum absolute atomic E-state index is 13.9. The van der Waals surface area contributed by atoms with Crippen LogP contribution >= 0.6 is 23.2 Å². The predicted molar refractivity (Wildman–Crippen MR) is 75.1 cm³/mol. The van der Waals surface area contributed by atoms with E-state index in [2.05, 4.69) is 10.2 Å². The Morgan fingerprint density at radius 2 is 1.70 bits per heavy atom. The van der Waals surface area contributed by atoms with Gasteiger partial charge in [0.1, 0.15) is 0 Å². The molecule has 0 saturated carbocycles. The van der Waals surface area contributed by atoms with Crippen molar-refractivity contribution < 1.29 is 8.81 Å². The van der Waals surface area contributed by atoms with Gasteiger partial charge in [0.05, 0.1) is 10.6 Å². The van der Waals surface area contributed by atoms with E-state index >= 15 is 0 Å². The van der Waals surface area contributed by atoms with Gasteiger partial charge < -0.3 is 4.42 Å². The van der Waals surface area contributed by atoms with Gasteiger partial charge in [0.2, 0.25) is 5.89 Å². The highest BCUT2D eigenvalue weighted by molar-refractivity contribution is 6.31. The molecule has 0 amide bonds. The maximum atomic E-state index is 13.9. The van der Waals surface area contributed by atoms with Gasteiger partial charge >= 0.3 is 0 Å². The van der Waals surface area contributed by atoms with Gasteiger partial charge in [-0.2, -0.15) is 0 Å². The zero-order valence-corrected chi connectivity index (χ0v) is 11.5. The first-order valence-electron chi connectivity index (χ1n) is 5.69. The van der Waals surface area contributed by atoms with Crippen LogP contribution in [0.2, 0.25) is 10.0 Å². The molecule has 3 aromatic rings. The van der Waals surface area contributed by atoms with Crippen molar-refractivity contribution in [1.82, 2.24) is 10.2 Å². The monoisotopic (exact) mass is 308 g/mol. The summed E-state index contributed by atoms with van der Waals surface area (Å²) >= 11 is 11.6. The van der Waals surface area contributed by atoms with Crippen LogP contribution in [-0.2, 0) is 0 Å². The Morgan fingerprint density at radius 1 is 0.950 bits per heavy atom. The van der Waals surface area contributed by atoms with Crippen molar-refractivity contribution in [2.24, 2.45) is 0 Å². The van der Waals surface area contributed by atoms with E-state index in [1.807, 2.05) is 0 Å². The third-order valence-electron chi connectivity index (χ3n) is 2.68. The second kappa shape index (κ2) is 5.23. The number of hydrogen-bond donors (Lipinski definition) is 0. The molecule has 0 aliphatic carbocycles. The Bertz CT molecular complexity index is 773. The molecular weight excluding hydrogens is 302 g/mol. The van der Waals surface area contributed by atoms with Crippen LogP contribution in [0.5, 0.6) is 0 Å². The molecule has 0 fully saturated rings. The fraction of sp³-hybridized carbons (Fsp3) is 0. The molecule has 0 bridgehead atoms. The Balaban J connectivity index is 2.04. The van der Waals surface area contributed by atoms with Crippen LogP contribution in [0.25, 0.3) is 22.9 Å². The van der Waals surface area contributed by atoms with Crippen molar-refractivity contribution in [3.05, 3.63) is 58.3 Å². The molecule has 20 heavy (non-hydrogen) atoms. The standard InChI is InChI=1S/C14H7Cl2FN2O/c15-9-4-1-3-8(7-9)13-18-19-14(20-13)10-5-2-6-11(16)12(10)17/h1-7H. The fourth-order valence-electron chi connectivity index (χ4n) is 1.74. The lowest BCUT2D eigenvalue weighted by Crippen LogP contribution is -1.85. The van der Waals surface area contributed by atoms with Crippen molar-refractivity contribution in [3.8, 4) is 22.9 Å². The molecule has 0 aliphatic rings. The van der Waals surface area contributed by atoms with Crippen LogP contribution in [0.1, 0.15) is 0 Å². The Labute approximate surface area is 124 Å². The third-order valence-corrected chi connectivity index (χ3v) is 3.21. The summed E-state index contributed by atoms with van der Waals surface area (Å²) in [6.45, 7) is 0. The lowest BCUT2D eigenvalue weighted by atomic mass is 10.2. The molecule has 6 heteroatoms. The Kier molecular flexibility index (Phi) is 3.42. The van der Waals surface area contributed by atoms with E-state index in [-0.39, 0.29) is 22.4 Å². The maximum Gasteiger partial charge on any atom is 0.251 e. The van der Waals surface area contributed by atoms with Gasteiger partial charge in [0, 0.05) is 10.6 Å². The van der Waals surface area contributed by atoms with E-state index in [1.54, 1.807) is 30.3 Å². The predicted octanol–water partition coefficient (Wildman–Crippen LogP) is 4.85. The minimum Gasteiger partial charge on any atom is -0.416 e. The summed E-state index contributed by atoms with van der Waals surface area (Å²) in [5.74, 6) is -0.252. The molecule has 0 aliphatic heterocycles. The first-order valence-corrected chi connectivity index (χ1v) is 6.44. The van der Waals surface area contributed by atoms with Crippen LogP contribution in [0.15, 0.2) is 46.9 Å². The van der Waals surface area contributed by atoms with Gasteiger partial charge in [0.25, 0.3) is 5.89 Å². The summed E-state index contributed by atoms with van der Waals surface area (Å²) < 4.78 is 19.3. The average Bonchev–Trinajstić information content (AvgIpc) is 2.91. The van der Waals surface area contributed by atoms with Crippen LogP contribution in [0, 0.1) is 5.82 Å². The summed E-state index contributed by atoms with van der Waals surface area (Å²) in [6.07, 6.45) is 0. The normalized spacial score (nSPS) is 10.8. The number of hydrogen-bond acceptors (Lipinski definition) is 3. The molecule has 1 aromatic heterocycles. The Hall–Kier alpha value is -1.91. The van der Waals surface area contributed by atoms with Crippen LogP contribution in [0.3, 0.4) is 0 Å². The zero-order valence-electron chi connectivity index (χ0n) is 9.98. The second-order valence-electron chi connectivity index (χ2n) is 4.02. The summed E-state index contributed by atoms with van der Waals surface area (Å²) in [5, 5.41) is 8.28. The molecular formula is C14H7Cl2FN2O. The summed E-state index contributed by atoms with van der Waals surface area (Å²) in [5.41, 5.74) is 0.831. The highest BCUT2D eigenvalue weighted by atomic mass is 35.5. The molecule has 0 unspecified atom stereocenters. The van der Waals surface area contributed by atoms with Crippen LogP contribution in [0.4, 0.5) is 4.39 Å². The van der Waals surface area contributed by atoms with Gasteiger partial charge in [-0.15, -0.1) is 10.2 Å². The van der Waals surface area contributed by atoms with E-state index in [0.717, 1.165) is 0 Å². The topological polar surface area (TPSA) is 38.9 Å². The minimum atomic E-state index is -0.588. The summed E-state index contributed by atoms with van der Waals surface area (Å²) in [6, 6.07) is 11.6. The first kappa shape index (κ1) is 13.1. The van der Waals surface area contributed by atoms with E-state index in [0.29, 0.717) is 10.6 Å². The molecule has 100 valence electrons. The highest BCUT2D eigenvalue weighted by Crippen LogP contribution is 2.29. The molecule has 2 aromatic carbocycles. The molecule has 0 atom stereocenters. The SMILES string of the molecule is Fc1c(Cl)cccc1-c1nnc(-c2cccc(Cl)c2)o1. The molecule has 1 heterocycles. The van der Waals surface area contributed by atoms with Gasteiger partial charge in [-0.3, -0.25) is 0 Å². The average molecular weight is 309 g/mol. The van der Waals surface area contributed by atoms with Gasteiger partial charge in [-0.1, -0.05) is 35.3 Å². The third kappa shape index (κ3) is 2.40. The molecule has 0 radical (unpaired) electrons. The van der Waals surface area contributed by atoms with E-state index in [1.165, 1.54) is 12.1 Å². The minimum absolute atomic E-state index is 0.00463. The van der Waals surface area contributed by atoms with Crippen molar-refractivity contribution in [3.63, 3.8) is 0 Å². The van der Waals surface area contributed by atoms with Gasteiger partial charge in [-0.25, -0.2) is 4.39 Å². The Morgan fingerprint density at radius 3 is 2.50 bits per heavy atom. The van der Waals surface area contributed by atoms with E-state index in [9.17, 15) is 4.39 Å².